The lowest BCUT2D eigenvalue weighted by atomic mass is 10.2. The standard InChI is InChI=1S/C22H26N4O4S.ClH/c1-5-24(6-2)13-14-25(21(27)16-8-10-17(11-9-16)26(28)29)22-23-19-18(30-4)12-7-15(3)20(19)31-22;/h7-12H,5-6,13-14H2,1-4H3;1H. The number of aromatic nitrogens is 1. The molecule has 0 aliphatic carbocycles. The van der Waals surface area contributed by atoms with Crippen LogP contribution in [0.2, 0.25) is 0 Å². The Kier molecular flexibility index (Phi) is 8.94. The molecule has 0 aliphatic heterocycles. The summed E-state index contributed by atoms with van der Waals surface area (Å²) in [5.74, 6) is 0.423. The second-order valence-electron chi connectivity index (χ2n) is 7.05. The normalized spacial score (nSPS) is 10.8. The van der Waals surface area contributed by atoms with Crippen molar-refractivity contribution in [3.05, 3.63) is 57.6 Å². The second kappa shape index (κ2) is 11.2. The molecule has 1 heterocycles. The first-order valence-electron chi connectivity index (χ1n) is 10.1. The van der Waals surface area contributed by atoms with Gasteiger partial charge in [-0.25, -0.2) is 4.98 Å². The number of hydrogen-bond acceptors (Lipinski definition) is 7. The first-order chi connectivity index (χ1) is 14.9. The van der Waals surface area contributed by atoms with Gasteiger partial charge in [-0.3, -0.25) is 19.8 Å². The van der Waals surface area contributed by atoms with Crippen LogP contribution in [0.4, 0.5) is 10.8 Å². The Balaban J connectivity index is 0.00000363. The van der Waals surface area contributed by atoms with E-state index in [1.54, 1.807) is 12.0 Å². The summed E-state index contributed by atoms with van der Waals surface area (Å²) < 4.78 is 6.43. The van der Waals surface area contributed by atoms with Crippen LogP contribution in [0.1, 0.15) is 29.8 Å². The van der Waals surface area contributed by atoms with Gasteiger partial charge in [0, 0.05) is 30.8 Å². The van der Waals surface area contributed by atoms with Crippen LogP contribution in [0.15, 0.2) is 36.4 Å². The number of aryl methyl sites for hydroxylation is 1. The third kappa shape index (κ3) is 5.35. The van der Waals surface area contributed by atoms with Gasteiger partial charge < -0.3 is 9.64 Å². The molecule has 10 heteroatoms. The number of amides is 1. The number of rotatable bonds is 9. The zero-order valence-electron chi connectivity index (χ0n) is 18.5. The third-order valence-corrected chi connectivity index (χ3v) is 6.46. The van der Waals surface area contributed by atoms with Crippen molar-refractivity contribution in [3.8, 4) is 5.75 Å². The number of benzene rings is 2. The Bertz CT molecular complexity index is 1080. The predicted octanol–water partition coefficient (Wildman–Crippen LogP) is 4.93. The lowest BCUT2D eigenvalue weighted by molar-refractivity contribution is -0.384. The number of nitro groups is 1. The van der Waals surface area contributed by atoms with E-state index in [2.05, 4.69) is 18.7 Å². The molecule has 0 unspecified atom stereocenters. The number of fused-ring (bicyclic) bond motifs is 1. The van der Waals surface area contributed by atoms with Crippen LogP contribution in [0, 0.1) is 17.0 Å². The zero-order chi connectivity index (χ0) is 22.5. The van der Waals surface area contributed by atoms with E-state index in [9.17, 15) is 14.9 Å². The SMILES string of the molecule is CCN(CC)CCN(C(=O)c1ccc([N+](=O)[O-])cc1)c1nc2c(OC)ccc(C)c2s1.Cl. The minimum Gasteiger partial charge on any atom is -0.494 e. The van der Waals surface area contributed by atoms with Crippen molar-refractivity contribution in [1.29, 1.82) is 0 Å². The molecule has 172 valence electrons. The zero-order valence-corrected chi connectivity index (χ0v) is 20.2. The number of carbonyl (C=O) groups is 1. The van der Waals surface area contributed by atoms with Crippen molar-refractivity contribution in [2.75, 3.05) is 38.2 Å². The number of methoxy groups -OCH3 is 1. The second-order valence-corrected chi connectivity index (χ2v) is 8.02. The predicted molar refractivity (Wildman–Crippen MR) is 131 cm³/mol. The third-order valence-electron chi connectivity index (χ3n) is 5.25. The van der Waals surface area contributed by atoms with E-state index in [4.69, 9.17) is 9.72 Å². The van der Waals surface area contributed by atoms with Crippen molar-refractivity contribution in [3.63, 3.8) is 0 Å². The Morgan fingerprint density at radius 3 is 2.34 bits per heavy atom. The number of ether oxygens (including phenoxy) is 1. The molecule has 0 fully saturated rings. The van der Waals surface area contributed by atoms with Gasteiger partial charge in [-0.2, -0.15) is 0 Å². The van der Waals surface area contributed by atoms with Crippen molar-refractivity contribution in [2.24, 2.45) is 0 Å². The van der Waals surface area contributed by atoms with Gasteiger partial charge in [-0.05, 0) is 43.8 Å². The number of hydrogen-bond donors (Lipinski definition) is 0. The van der Waals surface area contributed by atoms with Crippen molar-refractivity contribution in [1.82, 2.24) is 9.88 Å². The topological polar surface area (TPSA) is 88.8 Å². The number of anilines is 1. The Morgan fingerprint density at radius 2 is 1.78 bits per heavy atom. The summed E-state index contributed by atoms with van der Waals surface area (Å²) >= 11 is 1.45. The summed E-state index contributed by atoms with van der Waals surface area (Å²) in [6.45, 7) is 9.07. The molecule has 0 aliphatic rings. The van der Waals surface area contributed by atoms with Gasteiger partial charge >= 0.3 is 0 Å². The van der Waals surface area contributed by atoms with Crippen LogP contribution in [0.3, 0.4) is 0 Å². The molecule has 2 aromatic carbocycles. The van der Waals surface area contributed by atoms with E-state index in [-0.39, 0.29) is 24.0 Å². The number of nitrogens with zero attached hydrogens (tertiary/aromatic N) is 4. The van der Waals surface area contributed by atoms with Crippen LogP contribution in [0.5, 0.6) is 5.75 Å². The van der Waals surface area contributed by atoms with Crippen LogP contribution in [-0.4, -0.2) is 54.0 Å². The highest BCUT2D eigenvalue weighted by Gasteiger charge is 2.24. The Hall–Kier alpha value is -2.75. The van der Waals surface area contributed by atoms with E-state index in [0.717, 1.165) is 28.9 Å². The van der Waals surface area contributed by atoms with Gasteiger partial charge in [0.15, 0.2) is 5.13 Å². The highest BCUT2D eigenvalue weighted by atomic mass is 35.5. The lowest BCUT2D eigenvalue weighted by Crippen LogP contribution is -2.38. The molecule has 0 spiro atoms. The average Bonchev–Trinajstić information content (AvgIpc) is 3.23. The Labute approximate surface area is 197 Å². The summed E-state index contributed by atoms with van der Waals surface area (Å²) in [7, 11) is 1.60. The highest BCUT2D eigenvalue weighted by molar-refractivity contribution is 7.22. The monoisotopic (exact) mass is 478 g/mol. The molecule has 32 heavy (non-hydrogen) atoms. The maximum atomic E-state index is 13.4. The average molecular weight is 479 g/mol. The smallest absolute Gasteiger partial charge is 0.269 e. The van der Waals surface area contributed by atoms with Crippen LogP contribution in [-0.2, 0) is 0 Å². The first kappa shape index (κ1) is 25.5. The molecule has 1 aromatic heterocycles. The summed E-state index contributed by atoms with van der Waals surface area (Å²) in [5.41, 5.74) is 2.12. The maximum absolute atomic E-state index is 13.4. The number of non-ortho nitro benzene ring substituents is 1. The van der Waals surface area contributed by atoms with Gasteiger partial charge in [-0.1, -0.05) is 31.3 Å². The van der Waals surface area contributed by atoms with Gasteiger partial charge in [-0.15, -0.1) is 12.4 Å². The maximum Gasteiger partial charge on any atom is 0.269 e. The number of nitro benzene ring substituents is 1. The highest BCUT2D eigenvalue weighted by Crippen LogP contribution is 2.36. The molecule has 0 radical (unpaired) electrons. The first-order valence-corrected chi connectivity index (χ1v) is 10.9. The molecule has 0 saturated heterocycles. The fourth-order valence-corrected chi connectivity index (χ4v) is 4.40. The Morgan fingerprint density at radius 1 is 1.12 bits per heavy atom. The molecule has 0 bridgehead atoms. The van der Waals surface area contributed by atoms with Gasteiger partial charge in [0.2, 0.25) is 0 Å². The van der Waals surface area contributed by atoms with E-state index in [1.165, 1.54) is 35.6 Å². The largest absolute Gasteiger partial charge is 0.494 e. The molecule has 1 amide bonds. The van der Waals surface area contributed by atoms with Crippen LogP contribution >= 0.6 is 23.7 Å². The van der Waals surface area contributed by atoms with Crippen LogP contribution < -0.4 is 9.64 Å². The molecular formula is C22H27ClN4O4S. The summed E-state index contributed by atoms with van der Waals surface area (Å²) in [4.78, 5) is 32.5. The molecule has 3 rings (SSSR count). The molecule has 3 aromatic rings. The van der Waals surface area contributed by atoms with Crippen molar-refractivity contribution in [2.45, 2.75) is 20.8 Å². The van der Waals surface area contributed by atoms with Crippen molar-refractivity contribution >= 4 is 50.7 Å². The number of halogens is 1. The summed E-state index contributed by atoms with van der Waals surface area (Å²) in [6, 6.07) is 9.53. The quantitative estimate of drug-likeness (QED) is 0.320. The van der Waals surface area contributed by atoms with E-state index >= 15 is 0 Å². The molecular weight excluding hydrogens is 452 g/mol. The van der Waals surface area contributed by atoms with E-state index in [0.29, 0.717) is 29.5 Å². The summed E-state index contributed by atoms with van der Waals surface area (Å²) in [5, 5.41) is 11.5. The van der Waals surface area contributed by atoms with E-state index in [1.807, 2.05) is 19.1 Å². The van der Waals surface area contributed by atoms with Gasteiger partial charge in [0.1, 0.15) is 11.3 Å². The molecule has 0 saturated carbocycles. The number of carbonyl (C=O) groups excluding carboxylic acids is 1. The number of likely N-dealkylation sites (N-methyl/N-ethyl adjacent to an activating group) is 1. The molecule has 0 N–H and O–H groups in total. The fourth-order valence-electron chi connectivity index (χ4n) is 3.33. The minimum absolute atomic E-state index is 0. The minimum atomic E-state index is -0.477. The van der Waals surface area contributed by atoms with E-state index < -0.39 is 4.92 Å². The number of thiazole rings is 1. The summed E-state index contributed by atoms with van der Waals surface area (Å²) in [6.07, 6.45) is 0. The van der Waals surface area contributed by atoms with Crippen molar-refractivity contribution < 1.29 is 14.5 Å². The van der Waals surface area contributed by atoms with Gasteiger partial charge in [0.05, 0.1) is 16.7 Å². The van der Waals surface area contributed by atoms with Gasteiger partial charge in [0.25, 0.3) is 11.6 Å². The van der Waals surface area contributed by atoms with Crippen LogP contribution in [0.25, 0.3) is 10.2 Å². The fraction of sp³-hybridized carbons (Fsp3) is 0.364. The molecule has 8 nitrogen and oxygen atoms in total. The lowest BCUT2D eigenvalue weighted by Gasteiger charge is -2.24. The molecule has 0 atom stereocenters.